The fraction of sp³-hybridized carbons (Fsp3) is 0.500. The van der Waals surface area contributed by atoms with Gasteiger partial charge in [-0.3, -0.25) is 4.79 Å². The van der Waals surface area contributed by atoms with Crippen molar-refractivity contribution in [3.05, 3.63) is 16.3 Å². The number of thiophene rings is 1. The quantitative estimate of drug-likeness (QED) is 0.586. The Bertz CT molecular complexity index is 404. The van der Waals surface area contributed by atoms with Gasteiger partial charge in [-0.1, -0.05) is 6.42 Å². The lowest BCUT2D eigenvalue weighted by Gasteiger charge is -2.05. The molecule has 0 radical (unpaired) electrons. The Balaban J connectivity index is 2.44. The largest absolute Gasteiger partial charge is 0.465 e. The number of carbonyl (C=O) groups excluding carboxylic acids is 2. The highest BCUT2D eigenvalue weighted by atomic mass is 32.1. The second-order valence-electron chi connectivity index (χ2n) is 3.80. The van der Waals surface area contributed by atoms with Crippen molar-refractivity contribution in [2.75, 3.05) is 19.0 Å². The van der Waals surface area contributed by atoms with E-state index in [1.807, 2.05) is 0 Å². The molecule has 1 aromatic heterocycles. The van der Waals surface area contributed by atoms with Crippen molar-refractivity contribution in [1.29, 1.82) is 0 Å². The van der Waals surface area contributed by atoms with Crippen LogP contribution in [0.3, 0.4) is 0 Å². The molecule has 0 aliphatic rings. The minimum absolute atomic E-state index is 0.0874. The number of unbranched alkanes of at least 4 members (excludes halogenated alkanes) is 2. The van der Waals surface area contributed by atoms with Crippen LogP contribution in [0.4, 0.5) is 5.69 Å². The smallest absolute Gasteiger partial charge is 0.350 e. The summed E-state index contributed by atoms with van der Waals surface area (Å²) in [5.74, 6) is -0.515. The van der Waals surface area contributed by atoms with Gasteiger partial charge in [0.05, 0.1) is 12.8 Å². The minimum Gasteiger partial charge on any atom is -0.465 e. The number of ether oxygens (including phenoxy) is 1. The molecule has 5 nitrogen and oxygen atoms in total. The number of carbonyl (C=O) groups is 2. The molecule has 0 aliphatic heterocycles. The first kappa shape index (κ1) is 14.7. The van der Waals surface area contributed by atoms with E-state index in [-0.39, 0.29) is 5.91 Å². The molecule has 0 atom stereocenters. The van der Waals surface area contributed by atoms with Crippen LogP contribution in [-0.2, 0) is 9.53 Å². The fourth-order valence-electron chi connectivity index (χ4n) is 1.48. The Morgan fingerprint density at radius 3 is 2.83 bits per heavy atom. The number of rotatable bonds is 7. The molecule has 6 heteroatoms. The van der Waals surface area contributed by atoms with Crippen molar-refractivity contribution < 1.29 is 14.3 Å². The number of anilines is 1. The summed E-state index contributed by atoms with van der Waals surface area (Å²) in [6.07, 6.45) is 3.12. The van der Waals surface area contributed by atoms with Crippen molar-refractivity contribution in [2.45, 2.75) is 25.7 Å². The van der Waals surface area contributed by atoms with Crippen LogP contribution in [0.15, 0.2) is 11.4 Å². The van der Waals surface area contributed by atoms with E-state index in [1.54, 1.807) is 11.4 Å². The third-order valence-electron chi connectivity index (χ3n) is 2.42. The summed E-state index contributed by atoms with van der Waals surface area (Å²) in [5.41, 5.74) is 5.90. The number of nitrogens with two attached hydrogens (primary N) is 1. The van der Waals surface area contributed by atoms with Gasteiger partial charge in [0.1, 0.15) is 4.88 Å². The maximum Gasteiger partial charge on any atom is 0.350 e. The monoisotopic (exact) mass is 270 g/mol. The molecule has 1 amide bonds. The van der Waals surface area contributed by atoms with E-state index in [9.17, 15) is 9.59 Å². The second kappa shape index (κ2) is 7.84. The Labute approximate surface area is 110 Å². The third kappa shape index (κ3) is 4.46. The summed E-state index contributed by atoms with van der Waals surface area (Å²) >= 11 is 1.25. The molecule has 1 heterocycles. The molecule has 0 unspecified atom stereocenters. The van der Waals surface area contributed by atoms with E-state index in [0.29, 0.717) is 23.5 Å². The summed E-state index contributed by atoms with van der Waals surface area (Å²) < 4.78 is 4.64. The zero-order chi connectivity index (χ0) is 13.4. The lowest BCUT2D eigenvalue weighted by molar-refractivity contribution is -0.116. The van der Waals surface area contributed by atoms with Gasteiger partial charge in [-0.05, 0) is 30.8 Å². The number of hydrogen-bond donors (Lipinski definition) is 2. The van der Waals surface area contributed by atoms with Gasteiger partial charge < -0.3 is 15.8 Å². The Morgan fingerprint density at radius 2 is 2.17 bits per heavy atom. The topological polar surface area (TPSA) is 81.4 Å². The molecule has 0 saturated carbocycles. The SMILES string of the molecule is COC(=O)c1sccc1NC(=O)CCCCCN. The van der Waals surface area contributed by atoms with E-state index < -0.39 is 5.97 Å². The predicted molar refractivity (Wildman–Crippen MR) is 71.8 cm³/mol. The number of methoxy groups -OCH3 is 1. The summed E-state index contributed by atoms with van der Waals surface area (Å²) in [6.45, 7) is 0.651. The van der Waals surface area contributed by atoms with Gasteiger partial charge in [0, 0.05) is 6.42 Å². The van der Waals surface area contributed by atoms with Gasteiger partial charge in [0.15, 0.2) is 0 Å². The van der Waals surface area contributed by atoms with E-state index >= 15 is 0 Å². The molecule has 0 spiro atoms. The van der Waals surface area contributed by atoms with Crippen LogP contribution >= 0.6 is 11.3 Å². The number of hydrogen-bond acceptors (Lipinski definition) is 5. The average molecular weight is 270 g/mol. The third-order valence-corrected chi connectivity index (χ3v) is 3.31. The molecule has 0 aliphatic carbocycles. The highest BCUT2D eigenvalue weighted by molar-refractivity contribution is 7.12. The highest BCUT2D eigenvalue weighted by Crippen LogP contribution is 2.23. The molecule has 0 saturated heterocycles. The van der Waals surface area contributed by atoms with Gasteiger partial charge >= 0.3 is 5.97 Å². The first-order chi connectivity index (χ1) is 8.69. The lowest BCUT2D eigenvalue weighted by Crippen LogP contribution is -2.13. The highest BCUT2D eigenvalue weighted by Gasteiger charge is 2.15. The molecule has 1 aromatic rings. The van der Waals surface area contributed by atoms with Gasteiger partial charge in [-0.2, -0.15) is 0 Å². The van der Waals surface area contributed by atoms with Crippen molar-refractivity contribution >= 4 is 28.9 Å². The fourth-order valence-corrected chi connectivity index (χ4v) is 2.24. The van der Waals surface area contributed by atoms with Crippen LogP contribution in [0, 0.1) is 0 Å². The first-order valence-corrected chi connectivity index (χ1v) is 6.72. The second-order valence-corrected chi connectivity index (χ2v) is 4.72. The summed E-state index contributed by atoms with van der Waals surface area (Å²) in [6, 6.07) is 1.70. The normalized spacial score (nSPS) is 10.1. The van der Waals surface area contributed by atoms with E-state index in [2.05, 4.69) is 10.1 Å². The van der Waals surface area contributed by atoms with Gasteiger partial charge in [-0.15, -0.1) is 11.3 Å². The Morgan fingerprint density at radius 1 is 1.39 bits per heavy atom. The first-order valence-electron chi connectivity index (χ1n) is 5.84. The summed E-state index contributed by atoms with van der Waals surface area (Å²) in [5, 5.41) is 4.47. The molecule has 3 N–H and O–H groups in total. The standard InChI is InChI=1S/C12H18N2O3S/c1-17-12(16)11-9(6-8-18-11)14-10(15)5-3-2-4-7-13/h6,8H,2-5,7,13H2,1H3,(H,14,15). The Hall–Kier alpha value is -1.40. The number of nitrogens with one attached hydrogen (secondary N) is 1. The van der Waals surface area contributed by atoms with Crippen LogP contribution in [-0.4, -0.2) is 25.5 Å². The maximum absolute atomic E-state index is 11.6. The zero-order valence-corrected chi connectivity index (χ0v) is 11.2. The van der Waals surface area contributed by atoms with Crippen LogP contribution in [0.2, 0.25) is 0 Å². The molecule has 0 bridgehead atoms. The summed E-state index contributed by atoms with van der Waals surface area (Å²) in [4.78, 5) is 23.5. The lowest BCUT2D eigenvalue weighted by atomic mass is 10.2. The number of esters is 1. The van der Waals surface area contributed by atoms with Crippen molar-refractivity contribution in [3.8, 4) is 0 Å². The van der Waals surface area contributed by atoms with Gasteiger partial charge in [0.2, 0.25) is 5.91 Å². The van der Waals surface area contributed by atoms with Crippen molar-refractivity contribution in [2.24, 2.45) is 5.73 Å². The molecule has 100 valence electrons. The molecule has 18 heavy (non-hydrogen) atoms. The van der Waals surface area contributed by atoms with Gasteiger partial charge in [-0.25, -0.2) is 4.79 Å². The minimum atomic E-state index is -0.427. The van der Waals surface area contributed by atoms with E-state index in [4.69, 9.17) is 5.73 Å². The van der Waals surface area contributed by atoms with E-state index in [1.165, 1.54) is 18.4 Å². The molecular weight excluding hydrogens is 252 g/mol. The number of amides is 1. The van der Waals surface area contributed by atoms with Crippen LogP contribution in [0.5, 0.6) is 0 Å². The summed E-state index contributed by atoms with van der Waals surface area (Å²) in [7, 11) is 1.32. The average Bonchev–Trinajstić information content (AvgIpc) is 2.82. The van der Waals surface area contributed by atoms with Gasteiger partial charge in [0.25, 0.3) is 0 Å². The van der Waals surface area contributed by atoms with Crippen LogP contribution in [0.1, 0.15) is 35.4 Å². The van der Waals surface area contributed by atoms with Crippen LogP contribution in [0.25, 0.3) is 0 Å². The van der Waals surface area contributed by atoms with Crippen molar-refractivity contribution in [1.82, 2.24) is 0 Å². The van der Waals surface area contributed by atoms with Crippen LogP contribution < -0.4 is 11.1 Å². The molecule has 0 fully saturated rings. The van der Waals surface area contributed by atoms with Crippen molar-refractivity contribution in [3.63, 3.8) is 0 Å². The molecular formula is C12H18N2O3S. The molecule has 1 rings (SSSR count). The predicted octanol–water partition coefficient (Wildman–Crippen LogP) is 1.99. The maximum atomic E-state index is 11.6. The van der Waals surface area contributed by atoms with E-state index in [0.717, 1.165) is 19.3 Å². The molecule has 0 aromatic carbocycles. The zero-order valence-electron chi connectivity index (χ0n) is 10.4. The Kier molecular flexibility index (Phi) is 6.38.